The number of phenolic OH excluding ortho intramolecular Hbond substituents is 1. The third-order valence-electron chi connectivity index (χ3n) is 4.46. The average Bonchev–Trinajstić information content (AvgIpc) is 2.71. The van der Waals surface area contributed by atoms with E-state index in [0.29, 0.717) is 12.0 Å². The van der Waals surface area contributed by atoms with E-state index in [9.17, 15) is 20.0 Å². The summed E-state index contributed by atoms with van der Waals surface area (Å²) in [5, 5.41) is 25.5. The Morgan fingerprint density at radius 3 is 2.79 bits per heavy atom. The molecule has 1 atom stereocenters. The summed E-state index contributed by atoms with van der Waals surface area (Å²) in [7, 11) is 0. The van der Waals surface area contributed by atoms with Crippen molar-refractivity contribution in [1.82, 2.24) is 15.3 Å². The summed E-state index contributed by atoms with van der Waals surface area (Å²) in [6, 6.07) is 7.04. The Bertz CT molecular complexity index is 1010. The van der Waals surface area contributed by atoms with Gasteiger partial charge in [-0.15, -0.1) is 0 Å². The van der Waals surface area contributed by atoms with E-state index in [1.165, 1.54) is 18.3 Å². The highest BCUT2D eigenvalue weighted by Crippen LogP contribution is 2.39. The van der Waals surface area contributed by atoms with Gasteiger partial charge in [0, 0.05) is 36.6 Å². The molecule has 0 saturated heterocycles. The number of unbranched alkanes of at least 4 members (excludes halogenated alkanes) is 1. The zero-order valence-corrected chi connectivity index (χ0v) is 15.3. The number of aromatic hydroxyl groups is 1. The summed E-state index contributed by atoms with van der Waals surface area (Å²) in [6.07, 6.45) is 6.50. The number of fused-ring (bicyclic) bond motifs is 1. The Hall–Kier alpha value is -3.55. The van der Waals surface area contributed by atoms with Gasteiger partial charge in [-0.2, -0.15) is 0 Å². The SMILES string of the molecule is CCCCC(=O)NC(c1cccnc1)c1cc([N+](=O)[O-])c2cccnc2c1O. The van der Waals surface area contributed by atoms with Gasteiger partial charge in [0.05, 0.1) is 16.4 Å². The summed E-state index contributed by atoms with van der Waals surface area (Å²) in [6.45, 7) is 1.98. The van der Waals surface area contributed by atoms with Crippen molar-refractivity contribution in [3.8, 4) is 5.75 Å². The third kappa shape index (κ3) is 3.90. The zero-order valence-electron chi connectivity index (χ0n) is 15.3. The number of nitrogens with one attached hydrogen (secondary N) is 1. The fourth-order valence-corrected chi connectivity index (χ4v) is 3.06. The second-order valence-electron chi connectivity index (χ2n) is 6.38. The number of amides is 1. The van der Waals surface area contributed by atoms with Crippen LogP contribution in [0.4, 0.5) is 5.69 Å². The minimum Gasteiger partial charge on any atom is -0.505 e. The molecule has 2 heterocycles. The van der Waals surface area contributed by atoms with Crippen LogP contribution in [0.25, 0.3) is 10.9 Å². The molecule has 0 bridgehead atoms. The number of hydrogen-bond acceptors (Lipinski definition) is 6. The summed E-state index contributed by atoms with van der Waals surface area (Å²) >= 11 is 0. The number of benzene rings is 1. The molecule has 28 heavy (non-hydrogen) atoms. The van der Waals surface area contributed by atoms with Crippen LogP contribution in [0.2, 0.25) is 0 Å². The molecule has 0 aliphatic heterocycles. The first-order chi connectivity index (χ1) is 13.5. The zero-order chi connectivity index (χ0) is 20.1. The summed E-state index contributed by atoms with van der Waals surface area (Å²) in [5.74, 6) is -0.412. The maximum atomic E-state index is 12.4. The molecular weight excluding hydrogens is 360 g/mol. The molecule has 144 valence electrons. The van der Waals surface area contributed by atoms with E-state index in [0.717, 1.165) is 12.8 Å². The Morgan fingerprint density at radius 2 is 2.11 bits per heavy atom. The smallest absolute Gasteiger partial charge is 0.279 e. The fourth-order valence-electron chi connectivity index (χ4n) is 3.06. The number of carbonyl (C=O) groups is 1. The second kappa shape index (κ2) is 8.43. The lowest BCUT2D eigenvalue weighted by Gasteiger charge is -2.21. The number of nitro benzene ring substituents is 1. The largest absolute Gasteiger partial charge is 0.505 e. The second-order valence-corrected chi connectivity index (χ2v) is 6.38. The fraction of sp³-hybridized carbons (Fsp3) is 0.250. The molecule has 0 spiro atoms. The van der Waals surface area contributed by atoms with Gasteiger partial charge >= 0.3 is 0 Å². The monoisotopic (exact) mass is 380 g/mol. The number of nitrogens with zero attached hydrogens (tertiary/aromatic N) is 3. The summed E-state index contributed by atoms with van der Waals surface area (Å²) in [4.78, 5) is 31.6. The number of phenols is 1. The van der Waals surface area contributed by atoms with Crippen LogP contribution in [0, 0.1) is 10.1 Å². The van der Waals surface area contributed by atoms with Crippen LogP contribution in [0.1, 0.15) is 43.4 Å². The number of pyridine rings is 2. The average molecular weight is 380 g/mol. The maximum Gasteiger partial charge on any atom is 0.279 e. The van der Waals surface area contributed by atoms with Gasteiger partial charge in [-0.05, 0) is 30.2 Å². The first-order valence-electron chi connectivity index (χ1n) is 8.97. The van der Waals surface area contributed by atoms with Crippen molar-refractivity contribution in [2.24, 2.45) is 0 Å². The molecule has 1 amide bonds. The van der Waals surface area contributed by atoms with Crippen molar-refractivity contribution < 1.29 is 14.8 Å². The van der Waals surface area contributed by atoms with Crippen molar-refractivity contribution in [3.05, 3.63) is 70.2 Å². The number of rotatable bonds is 7. The van der Waals surface area contributed by atoms with Crippen LogP contribution in [0.15, 0.2) is 48.9 Å². The molecule has 0 aliphatic carbocycles. The summed E-state index contributed by atoms with van der Waals surface area (Å²) in [5.41, 5.74) is 0.735. The van der Waals surface area contributed by atoms with E-state index in [1.54, 1.807) is 30.6 Å². The van der Waals surface area contributed by atoms with Gasteiger partial charge in [0.1, 0.15) is 11.3 Å². The minimum absolute atomic E-state index is 0.114. The quantitative estimate of drug-likeness (QED) is 0.477. The van der Waals surface area contributed by atoms with Gasteiger partial charge in [0.2, 0.25) is 5.91 Å². The van der Waals surface area contributed by atoms with Crippen LogP contribution in [-0.4, -0.2) is 25.9 Å². The number of carbonyl (C=O) groups excluding carboxylic acids is 1. The molecule has 2 aromatic heterocycles. The Kier molecular flexibility index (Phi) is 5.78. The molecule has 8 heteroatoms. The van der Waals surface area contributed by atoms with Crippen molar-refractivity contribution in [2.45, 2.75) is 32.2 Å². The molecule has 0 fully saturated rings. The van der Waals surface area contributed by atoms with Crippen LogP contribution in [0.5, 0.6) is 5.75 Å². The molecule has 8 nitrogen and oxygen atoms in total. The molecule has 0 radical (unpaired) electrons. The number of non-ortho nitro benzene ring substituents is 1. The van der Waals surface area contributed by atoms with Crippen molar-refractivity contribution in [2.75, 3.05) is 0 Å². The number of nitro groups is 1. The normalized spacial score (nSPS) is 11.9. The molecular formula is C20H20N4O4. The Morgan fingerprint density at radius 1 is 1.32 bits per heavy atom. The predicted molar refractivity (Wildman–Crippen MR) is 104 cm³/mol. The maximum absolute atomic E-state index is 12.4. The molecule has 0 saturated carbocycles. The van der Waals surface area contributed by atoms with E-state index in [1.807, 2.05) is 6.92 Å². The minimum atomic E-state index is -0.789. The molecule has 1 aromatic carbocycles. The predicted octanol–water partition coefficient (Wildman–Crippen LogP) is 3.64. The molecule has 1 unspecified atom stereocenters. The van der Waals surface area contributed by atoms with Gasteiger partial charge in [-0.25, -0.2) is 0 Å². The topological polar surface area (TPSA) is 118 Å². The van der Waals surface area contributed by atoms with Crippen LogP contribution in [-0.2, 0) is 4.79 Å². The van der Waals surface area contributed by atoms with Gasteiger partial charge in [0.15, 0.2) is 0 Å². The van der Waals surface area contributed by atoms with E-state index in [2.05, 4.69) is 15.3 Å². The lowest BCUT2D eigenvalue weighted by atomic mass is 9.96. The standard InChI is InChI=1S/C20H20N4O4/c1-2-3-8-17(25)23-18(13-6-4-9-21-12-13)15-11-16(24(27)28)14-7-5-10-22-19(14)20(15)26/h4-7,9-12,18,26H,2-3,8H2,1H3,(H,23,25). The molecule has 3 rings (SSSR count). The molecule has 0 aliphatic rings. The third-order valence-corrected chi connectivity index (χ3v) is 4.46. The molecule has 3 aromatic rings. The van der Waals surface area contributed by atoms with Gasteiger partial charge in [-0.3, -0.25) is 24.9 Å². The van der Waals surface area contributed by atoms with Crippen LogP contribution >= 0.6 is 0 Å². The highest BCUT2D eigenvalue weighted by molar-refractivity contribution is 5.93. The van der Waals surface area contributed by atoms with E-state index >= 15 is 0 Å². The van der Waals surface area contributed by atoms with E-state index in [-0.39, 0.29) is 33.8 Å². The molecule has 2 N–H and O–H groups in total. The van der Waals surface area contributed by atoms with E-state index in [4.69, 9.17) is 0 Å². The highest BCUT2D eigenvalue weighted by Gasteiger charge is 2.26. The first kappa shape index (κ1) is 19.2. The number of hydrogen-bond donors (Lipinski definition) is 2. The summed E-state index contributed by atoms with van der Waals surface area (Å²) < 4.78 is 0. The lowest BCUT2D eigenvalue weighted by Crippen LogP contribution is -2.29. The van der Waals surface area contributed by atoms with Gasteiger partial charge in [0.25, 0.3) is 5.69 Å². The van der Waals surface area contributed by atoms with Crippen molar-refractivity contribution in [1.29, 1.82) is 0 Å². The Balaban J connectivity index is 2.16. The van der Waals surface area contributed by atoms with Gasteiger partial charge < -0.3 is 10.4 Å². The van der Waals surface area contributed by atoms with Gasteiger partial charge in [-0.1, -0.05) is 19.4 Å². The highest BCUT2D eigenvalue weighted by atomic mass is 16.6. The Labute approximate surface area is 161 Å². The van der Waals surface area contributed by atoms with Crippen molar-refractivity contribution >= 4 is 22.5 Å². The first-order valence-corrected chi connectivity index (χ1v) is 8.97. The van der Waals surface area contributed by atoms with Crippen LogP contribution in [0.3, 0.4) is 0 Å². The van der Waals surface area contributed by atoms with E-state index < -0.39 is 11.0 Å². The lowest BCUT2D eigenvalue weighted by molar-refractivity contribution is -0.383. The van der Waals surface area contributed by atoms with Crippen molar-refractivity contribution in [3.63, 3.8) is 0 Å². The number of aromatic nitrogens is 2. The van der Waals surface area contributed by atoms with Crippen LogP contribution < -0.4 is 5.32 Å².